The summed E-state index contributed by atoms with van der Waals surface area (Å²) >= 11 is 0. The average molecular weight is 440 g/mol. The van der Waals surface area contributed by atoms with Crippen LogP contribution in [0.4, 0.5) is 5.69 Å². The summed E-state index contributed by atoms with van der Waals surface area (Å²) in [4.78, 5) is 63.7. The van der Waals surface area contributed by atoms with Crippen molar-refractivity contribution in [3.63, 3.8) is 0 Å². The van der Waals surface area contributed by atoms with Gasteiger partial charge in [-0.15, -0.1) is 0 Å². The number of anilines is 1. The summed E-state index contributed by atoms with van der Waals surface area (Å²) in [5.74, 6) is -2.41. The molecule has 4 rings (SSSR count). The largest absolute Gasteiger partial charge is 0.454 e. The Labute approximate surface area is 186 Å². The first-order valence-electron chi connectivity index (χ1n) is 11.1. The number of likely N-dealkylation sites (tertiary alicyclic amines) is 1. The van der Waals surface area contributed by atoms with Gasteiger partial charge in [0.25, 0.3) is 5.91 Å². The van der Waals surface area contributed by atoms with Gasteiger partial charge in [0.15, 0.2) is 12.4 Å². The van der Waals surface area contributed by atoms with Crippen molar-refractivity contribution in [3.05, 3.63) is 29.8 Å². The van der Waals surface area contributed by atoms with E-state index in [0.717, 1.165) is 24.2 Å². The maximum atomic E-state index is 13.1. The molecule has 5 atom stereocenters. The Bertz CT molecular complexity index is 941. The smallest absolute Gasteiger partial charge is 0.330 e. The first kappa shape index (κ1) is 22.2. The van der Waals surface area contributed by atoms with Crippen LogP contribution in [-0.4, -0.2) is 47.0 Å². The number of nitrogens with one attached hydrogen (secondary N) is 1. The zero-order valence-electron chi connectivity index (χ0n) is 18.5. The zero-order chi connectivity index (χ0) is 23.2. The molecule has 8 nitrogen and oxygen atoms in total. The van der Waals surface area contributed by atoms with Gasteiger partial charge in [-0.1, -0.05) is 13.8 Å². The third-order valence-corrected chi connectivity index (χ3v) is 7.03. The van der Waals surface area contributed by atoms with E-state index in [2.05, 4.69) is 5.32 Å². The molecule has 3 aliphatic rings. The van der Waals surface area contributed by atoms with Crippen LogP contribution in [0.5, 0.6) is 0 Å². The number of fused-ring (bicyclic) bond motifs is 5. The maximum Gasteiger partial charge on any atom is 0.330 e. The number of ether oxygens (including phenoxy) is 1. The standard InChI is InChI=1S/C24H28N2O6/c1-12(2)21(26-22(29)19-15-4-5-16(10-15)20(19)23(26)30)24(31)32-11-18(28)25-17-8-6-14(7-9-17)13(3)27/h6-9,12,15-16,19-21H,4-5,10-11H2,1-3H3,(H,25,28)/t15-,16-,19+,20+,21-/m0/s1. The first-order valence-corrected chi connectivity index (χ1v) is 11.1. The minimum atomic E-state index is -1.04. The third-order valence-electron chi connectivity index (χ3n) is 7.03. The molecule has 1 aromatic carbocycles. The highest BCUT2D eigenvalue weighted by Crippen LogP contribution is 2.56. The topological polar surface area (TPSA) is 110 Å². The van der Waals surface area contributed by atoms with Gasteiger partial charge >= 0.3 is 5.97 Å². The minimum absolute atomic E-state index is 0.0836. The van der Waals surface area contributed by atoms with E-state index in [1.807, 2.05) is 0 Å². The van der Waals surface area contributed by atoms with E-state index in [-0.39, 0.29) is 47.2 Å². The van der Waals surface area contributed by atoms with Gasteiger partial charge in [0.2, 0.25) is 11.8 Å². The van der Waals surface area contributed by atoms with Crippen LogP contribution < -0.4 is 5.32 Å². The van der Waals surface area contributed by atoms with Crippen LogP contribution in [0.3, 0.4) is 0 Å². The second-order valence-electron chi connectivity index (χ2n) is 9.41. The van der Waals surface area contributed by atoms with Crippen molar-refractivity contribution in [2.75, 3.05) is 11.9 Å². The van der Waals surface area contributed by atoms with Crippen molar-refractivity contribution in [2.45, 2.75) is 46.1 Å². The Kier molecular flexibility index (Phi) is 5.88. The van der Waals surface area contributed by atoms with Crippen LogP contribution in [0.15, 0.2) is 24.3 Å². The lowest BCUT2D eigenvalue weighted by molar-refractivity contribution is -0.162. The highest BCUT2D eigenvalue weighted by atomic mass is 16.5. The molecule has 0 spiro atoms. The molecule has 170 valence electrons. The van der Waals surface area contributed by atoms with Gasteiger partial charge in [-0.2, -0.15) is 0 Å². The fraction of sp³-hybridized carbons (Fsp3) is 0.542. The number of ketones is 1. The van der Waals surface area contributed by atoms with Crippen molar-refractivity contribution >= 4 is 35.2 Å². The molecule has 32 heavy (non-hydrogen) atoms. The number of carbonyl (C=O) groups excluding carboxylic acids is 5. The van der Waals surface area contributed by atoms with Crippen LogP contribution in [0.2, 0.25) is 0 Å². The number of amides is 3. The number of imide groups is 1. The molecule has 1 aromatic rings. The molecule has 3 amide bonds. The number of benzene rings is 1. The Morgan fingerprint density at radius 2 is 1.59 bits per heavy atom. The van der Waals surface area contributed by atoms with Crippen molar-refractivity contribution in [2.24, 2.45) is 29.6 Å². The summed E-state index contributed by atoms with van der Waals surface area (Å²) in [5.41, 5.74) is 0.983. The van der Waals surface area contributed by atoms with Gasteiger partial charge in [-0.25, -0.2) is 4.79 Å². The van der Waals surface area contributed by atoms with E-state index in [4.69, 9.17) is 4.74 Å². The van der Waals surface area contributed by atoms with Crippen LogP contribution in [-0.2, 0) is 23.9 Å². The monoisotopic (exact) mass is 440 g/mol. The van der Waals surface area contributed by atoms with Crippen LogP contribution in [0.1, 0.15) is 50.4 Å². The number of carbonyl (C=O) groups is 5. The molecule has 2 saturated carbocycles. The number of hydrogen-bond acceptors (Lipinski definition) is 6. The lowest BCUT2D eigenvalue weighted by atomic mass is 9.81. The van der Waals surface area contributed by atoms with E-state index >= 15 is 0 Å². The lowest BCUT2D eigenvalue weighted by Gasteiger charge is -2.28. The van der Waals surface area contributed by atoms with Gasteiger partial charge < -0.3 is 10.1 Å². The summed E-state index contributed by atoms with van der Waals surface area (Å²) < 4.78 is 5.21. The first-order chi connectivity index (χ1) is 15.2. The SMILES string of the molecule is CC(=O)c1ccc(NC(=O)COC(=O)[C@H](C(C)C)N2C(=O)[C@@H]3[C@H]4CC[C@@H](C4)[C@H]3C2=O)cc1. The molecule has 8 heteroatoms. The number of esters is 1. The van der Waals surface area contributed by atoms with Gasteiger partial charge in [-0.05, 0) is 68.2 Å². The predicted octanol–water partition coefficient (Wildman–Crippen LogP) is 2.43. The zero-order valence-corrected chi connectivity index (χ0v) is 18.5. The number of rotatable bonds is 7. The summed E-state index contributed by atoms with van der Waals surface area (Å²) in [6.07, 6.45) is 2.84. The summed E-state index contributed by atoms with van der Waals surface area (Å²) in [5, 5.41) is 2.60. The minimum Gasteiger partial charge on any atom is -0.454 e. The normalized spacial score (nSPS) is 26.9. The van der Waals surface area contributed by atoms with E-state index in [9.17, 15) is 24.0 Å². The number of hydrogen-bond donors (Lipinski definition) is 1. The van der Waals surface area contributed by atoms with Crippen molar-refractivity contribution < 1.29 is 28.7 Å². The predicted molar refractivity (Wildman–Crippen MR) is 114 cm³/mol. The van der Waals surface area contributed by atoms with E-state index < -0.39 is 24.5 Å². The molecule has 1 saturated heterocycles. The summed E-state index contributed by atoms with van der Waals surface area (Å²) in [7, 11) is 0. The highest BCUT2D eigenvalue weighted by Gasteiger charge is 2.62. The van der Waals surface area contributed by atoms with Crippen molar-refractivity contribution in [1.82, 2.24) is 4.90 Å². The van der Waals surface area contributed by atoms with Crippen molar-refractivity contribution in [1.29, 1.82) is 0 Å². The molecule has 3 fully saturated rings. The van der Waals surface area contributed by atoms with Gasteiger partial charge in [-0.3, -0.25) is 24.1 Å². The summed E-state index contributed by atoms with van der Waals surface area (Å²) in [6, 6.07) is 5.31. The number of Topliss-reactive ketones (excluding diaryl/α,β-unsaturated/α-hetero) is 1. The molecule has 0 unspecified atom stereocenters. The number of nitrogens with zero attached hydrogens (tertiary/aromatic N) is 1. The quantitative estimate of drug-likeness (QED) is 0.396. The molecule has 1 heterocycles. The molecular weight excluding hydrogens is 412 g/mol. The van der Waals surface area contributed by atoms with Gasteiger partial charge in [0.05, 0.1) is 11.8 Å². The molecule has 1 aliphatic heterocycles. The molecule has 0 aromatic heterocycles. The van der Waals surface area contributed by atoms with Gasteiger partial charge in [0.1, 0.15) is 6.04 Å². The molecule has 1 N–H and O–H groups in total. The maximum absolute atomic E-state index is 13.1. The Hall–Kier alpha value is -3.03. The van der Waals surface area contributed by atoms with E-state index in [0.29, 0.717) is 11.3 Å². The van der Waals surface area contributed by atoms with E-state index in [1.54, 1.807) is 38.1 Å². The Morgan fingerprint density at radius 1 is 1.03 bits per heavy atom. The molecule has 0 radical (unpaired) electrons. The molecular formula is C24H28N2O6. The fourth-order valence-corrected chi connectivity index (χ4v) is 5.59. The lowest BCUT2D eigenvalue weighted by Crippen LogP contribution is -2.50. The third kappa shape index (κ3) is 3.82. The van der Waals surface area contributed by atoms with Crippen molar-refractivity contribution in [3.8, 4) is 0 Å². The van der Waals surface area contributed by atoms with Crippen LogP contribution in [0.25, 0.3) is 0 Å². The van der Waals surface area contributed by atoms with E-state index in [1.165, 1.54) is 6.92 Å². The van der Waals surface area contributed by atoms with Crippen LogP contribution in [0, 0.1) is 29.6 Å². The molecule has 2 bridgehead atoms. The fourth-order valence-electron chi connectivity index (χ4n) is 5.59. The van der Waals surface area contributed by atoms with Crippen LogP contribution >= 0.6 is 0 Å². The Morgan fingerprint density at radius 3 is 2.09 bits per heavy atom. The average Bonchev–Trinajstić information content (AvgIpc) is 3.42. The molecule has 2 aliphatic carbocycles. The second kappa shape index (κ2) is 8.48. The second-order valence-corrected chi connectivity index (χ2v) is 9.41. The highest BCUT2D eigenvalue weighted by molar-refractivity contribution is 6.08. The summed E-state index contributed by atoms with van der Waals surface area (Å²) in [6.45, 7) is 4.43. The Balaban J connectivity index is 1.38. The van der Waals surface area contributed by atoms with Gasteiger partial charge in [0, 0.05) is 11.3 Å².